The highest BCUT2D eigenvalue weighted by Crippen LogP contribution is 2.27. The predicted octanol–water partition coefficient (Wildman–Crippen LogP) is 4.16. The van der Waals surface area contributed by atoms with Crippen LogP contribution in [0.15, 0.2) is 42.5 Å². The third-order valence-corrected chi connectivity index (χ3v) is 6.33. The Bertz CT molecular complexity index is 1160. The smallest absolute Gasteiger partial charge is 0.260 e. The number of aromatic nitrogens is 1. The van der Waals surface area contributed by atoms with E-state index in [0.717, 1.165) is 48.9 Å². The molecule has 0 unspecified atom stereocenters. The lowest BCUT2D eigenvalue weighted by Crippen LogP contribution is -2.32. The lowest BCUT2D eigenvalue weighted by molar-refractivity contribution is -0.132. The lowest BCUT2D eigenvalue weighted by Gasteiger charge is -2.15. The summed E-state index contributed by atoms with van der Waals surface area (Å²) in [5.74, 6) is 0.361. The molecule has 0 bridgehead atoms. The molecule has 2 heterocycles. The second-order valence-corrected chi connectivity index (χ2v) is 8.45. The number of hydrogen-bond acceptors (Lipinski definition) is 4. The molecule has 0 radical (unpaired) electrons. The minimum atomic E-state index is -0.191. The largest absolute Gasteiger partial charge is 0.484 e. The number of benzene rings is 2. The van der Waals surface area contributed by atoms with Gasteiger partial charge in [-0.2, -0.15) is 0 Å². The summed E-state index contributed by atoms with van der Waals surface area (Å²) in [6.45, 7) is 7.18. The Morgan fingerprint density at radius 2 is 1.85 bits per heavy atom. The van der Waals surface area contributed by atoms with Crippen LogP contribution in [0.4, 0.5) is 5.69 Å². The number of rotatable bonds is 8. The maximum Gasteiger partial charge on any atom is 0.260 e. The molecule has 2 amide bonds. The highest BCUT2D eigenvalue weighted by atomic mass is 16.5. The zero-order valence-electron chi connectivity index (χ0n) is 19.5. The van der Waals surface area contributed by atoms with E-state index in [2.05, 4.69) is 23.7 Å². The van der Waals surface area contributed by atoms with Crippen LogP contribution in [-0.4, -0.2) is 54.7 Å². The highest BCUT2D eigenvalue weighted by Gasteiger charge is 2.18. The SMILES string of the molecule is COCCn1c(C)c(C)c2cc(C(=O)Nc3cccc(OCC(=O)N4CCCC4)c3)ccc21. The minimum Gasteiger partial charge on any atom is -0.484 e. The number of nitrogens with zero attached hydrogens (tertiary/aromatic N) is 2. The summed E-state index contributed by atoms with van der Waals surface area (Å²) in [6, 6.07) is 12.9. The molecule has 3 aromatic rings. The molecule has 0 spiro atoms. The lowest BCUT2D eigenvalue weighted by atomic mass is 10.1. The van der Waals surface area contributed by atoms with Crippen LogP contribution in [0, 0.1) is 13.8 Å². The number of likely N-dealkylation sites (tertiary alicyclic amines) is 1. The summed E-state index contributed by atoms with van der Waals surface area (Å²) < 4.78 is 13.1. The van der Waals surface area contributed by atoms with Crippen LogP contribution in [-0.2, 0) is 16.1 Å². The second kappa shape index (κ2) is 10.1. The van der Waals surface area contributed by atoms with Crippen molar-refractivity contribution in [1.82, 2.24) is 9.47 Å². The molecule has 7 heteroatoms. The van der Waals surface area contributed by atoms with E-state index < -0.39 is 0 Å². The van der Waals surface area contributed by atoms with Gasteiger partial charge in [-0.25, -0.2) is 0 Å². The molecule has 33 heavy (non-hydrogen) atoms. The van der Waals surface area contributed by atoms with E-state index in [4.69, 9.17) is 9.47 Å². The molecule has 1 saturated heterocycles. The van der Waals surface area contributed by atoms with E-state index in [1.54, 1.807) is 25.3 Å². The molecule has 174 valence electrons. The van der Waals surface area contributed by atoms with Gasteiger partial charge in [0.2, 0.25) is 0 Å². The number of carbonyl (C=O) groups is 2. The van der Waals surface area contributed by atoms with Crippen molar-refractivity contribution >= 4 is 28.4 Å². The summed E-state index contributed by atoms with van der Waals surface area (Å²) in [6.07, 6.45) is 2.10. The van der Waals surface area contributed by atoms with Crippen LogP contribution < -0.4 is 10.1 Å². The third-order valence-electron chi connectivity index (χ3n) is 6.33. The van der Waals surface area contributed by atoms with Gasteiger partial charge < -0.3 is 24.3 Å². The predicted molar refractivity (Wildman–Crippen MR) is 129 cm³/mol. The number of anilines is 1. The maximum atomic E-state index is 12.9. The van der Waals surface area contributed by atoms with Gasteiger partial charge in [-0.1, -0.05) is 6.07 Å². The quantitative estimate of drug-likeness (QED) is 0.561. The fourth-order valence-electron chi connectivity index (χ4n) is 4.33. The molecule has 0 saturated carbocycles. The van der Waals surface area contributed by atoms with Crippen molar-refractivity contribution in [2.24, 2.45) is 0 Å². The van der Waals surface area contributed by atoms with Crippen LogP contribution in [0.25, 0.3) is 10.9 Å². The van der Waals surface area contributed by atoms with Gasteiger partial charge in [-0.15, -0.1) is 0 Å². The number of fused-ring (bicyclic) bond motifs is 1. The van der Waals surface area contributed by atoms with E-state index >= 15 is 0 Å². The average molecular weight is 450 g/mol. The van der Waals surface area contributed by atoms with Crippen molar-refractivity contribution in [2.45, 2.75) is 33.2 Å². The van der Waals surface area contributed by atoms with Gasteiger partial charge in [0.25, 0.3) is 11.8 Å². The number of carbonyl (C=O) groups excluding carboxylic acids is 2. The third kappa shape index (κ3) is 5.03. The summed E-state index contributed by atoms with van der Waals surface area (Å²) >= 11 is 0. The Kier molecular flexibility index (Phi) is 6.99. The van der Waals surface area contributed by atoms with Crippen molar-refractivity contribution in [3.8, 4) is 5.75 Å². The van der Waals surface area contributed by atoms with Crippen molar-refractivity contribution in [3.63, 3.8) is 0 Å². The van der Waals surface area contributed by atoms with Crippen LogP contribution in [0.2, 0.25) is 0 Å². The van der Waals surface area contributed by atoms with Crippen molar-refractivity contribution in [2.75, 3.05) is 38.7 Å². The van der Waals surface area contributed by atoms with Crippen molar-refractivity contribution < 1.29 is 19.1 Å². The fraction of sp³-hybridized carbons (Fsp3) is 0.385. The van der Waals surface area contributed by atoms with E-state index in [-0.39, 0.29) is 18.4 Å². The summed E-state index contributed by atoms with van der Waals surface area (Å²) in [7, 11) is 1.70. The van der Waals surface area contributed by atoms with Gasteiger partial charge in [0, 0.05) is 60.7 Å². The van der Waals surface area contributed by atoms with Crippen molar-refractivity contribution in [1.29, 1.82) is 0 Å². The van der Waals surface area contributed by atoms with Crippen LogP contribution in [0.5, 0.6) is 5.75 Å². The summed E-state index contributed by atoms with van der Waals surface area (Å²) in [4.78, 5) is 27.0. The molecule has 1 aromatic heterocycles. The Labute approximate surface area is 194 Å². The number of methoxy groups -OCH3 is 1. The number of ether oxygens (including phenoxy) is 2. The van der Waals surface area contributed by atoms with Crippen LogP contribution in [0.1, 0.15) is 34.5 Å². The van der Waals surface area contributed by atoms with Gasteiger partial charge in [0.1, 0.15) is 5.75 Å². The number of aryl methyl sites for hydroxylation is 1. The van der Waals surface area contributed by atoms with Crippen LogP contribution in [0.3, 0.4) is 0 Å². The first-order valence-electron chi connectivity index (χ1n) is 11.4. The molecule has 1 aliphatic heterocycles. The van der Waals surface area contributed by atoms with Crippen LogP contribution >= 0.6 is 0 Å². The molecule has 1 fully saturated rings. The van der Waals surface area contributed by atoms with E-state index in [0.29, 0.717) is 23.6 Å². The second-order valence-electron chi connectivity index (χ2n) is 8.45. The Hall–Kier alpha value is -3.32. The normalized spacial score (nSPS) is 13.5. The van der Waals surface area contributed by atoms with Gasteiger partial charge in [0.15, 0.2) is 6.61 Å². The van der Waals surface area contributed by atoms with E-state index in [1.165, 1.54) is 5.69 Å². The first-order chi connectivity index (χ1) is 16.0. The average Bonchev–Trinajstić information content (AvgIpc) is 3.44. The molecule has 0 atom stereocenters. The molecule has 1 N–H and O–H groups in total. The molecular formula is C26H31N3O4. The first kappa shape index (κ1) is 22.9. The molecule has 2 aromatic carbocycles. The van der Waals surface area contributed by atoms with E-state index in [1.807, 2.05) is 29.2 Å². The Morgan fingerprint density at radius 1 is 1.06 bits per heavy atom. The zero-order chi connectivity index (χ0) is 23.4. The number of amides is 2. The molecule has 1 aliphatic rings. The summed E-state index contributed by atoms with van der Waals surface area (Å²) in [5.41, 5.74) is 4.64. The monoisotopic (exact) mass is 449 g/mol. The molecule has 7 nitrogen and oxygen atoms in total. The number of nitrogens with one attached hydrogen (secondary N) is 1. The molecule has 4 rings (SSSR count). The van der Waals surface area contributed by atoms with Crippen molar-refractivity contribution in [3.05, 3.63) is 59.3 Å². The van der Waals surface area contributed by atoms with Gasteiger partial charge in [0.05, 0.1) is 6.61 Å². The van der Waals surface area contributed by atoms with Gasteiger partial charge in [-0.3, -0.25) is 9.59 Å². The topological polar surface area (TPSA) is 72.8 Å². The standard InChI is InChI=1S/C26H31N3O4/c1-18-19(2)29(13-14-32-3)24-10-9-20(15-23(18)24)26(31)27-21-7-6-8-22(16-21)33-17-25(30)28-11-4-5-12-28/h6-10,15-16H,4-5,11-14,17H2,1-3H3,(H,27,31). The maximum absolute atomic E-state index is 12.9. The Balaban J connectivity index is 1.45. The van der Waals surface area contributed by atoms with E-state index in [9.17, 15) is 9.59 Å². The Morgan fingerprint density at radius 3 is 2.61 bits per heavy atom. The molecular weight excluding hydrogens is 418 g/mol. The van der Waals surface area contributed by atoms with Gasteiger partial charge >= 0.3 is 0 Å². The first-order valence-corrected chi connectivity index (χ1v) is 11.4. The summed E-state index contributed by atoms with van der Waals surface area (Å²) in [5, 5.41) is 4.00. The zero-order valence-corrected chi connectivity index (χ0v) is 19.5. The number of hydrogen-bond donors (Lipinski definition) is 1. The highest BCUT2D eigenvalue weighted by molar-refractivity contribution is 6.06. The van der Waals surface area contributed by atoms with Gasteiger partial charge in [-0.05, 0) is 62.6 Å². The fourth-order valence-corrected chi connectivity index (χ4v) is 4.33. The molecule has 0 aliphatic carbocycles. The minimum absolute atomic E-state index is 0.00154.